The standard InChI is InChI=1S/C12H17F3N6O/c13-12(14,15)7-16-11(22)9-2-1-5-20(9)6-10-17-18-19-21(10)8-3-4-8/h8-9H,1-7H2,(H,16,22)/t9-/m0/s1. The van der Waals surface area contributed by atoms with E-state index in [4.69, 9.17) is 0 Å². The number of likely N-dealkylation sites (tertiary alicyclic amines) is 1. The Labute approximate surface area is 124 Å². The lowest BCUT2D eigenvalue weighted by atomic mass is 10.2. The number of carbonyl (C=O) groups excluding carboxylic acids is 1. The Morgan fingerprint density at radius 2 is 2.09 bits per heavy atom. The molecule has 2 fully saturated rings. The first-order valence-corrected chi connectivity index (χ1v) is 7.29. The fraction of sp³-hybridized carbons (Fsp3) is 0.833. The molecule has 1 N–H and O–H groups in total. The van der Waals surface area contributed by atoms with Crippen molar-refractivity contribution in [1.82, 2.24) is 30.4 Å². The van der Waals surface area contributed by atoms with Gasteiger partial charge in [-0.1, -0.05) is 0 Å². The topological polar surface area (TPSA) is 75.9 Å². The van der Waals surface area contributed by atoms with E-state index < -0.39 is 24.7 Å². The summed E-state index contributed by atoms with van der Waals surface area (Å²) in [5.41, 5.74) is 0. The molecule has 1 saturated heterocycles. The van der Waals surface area contributed by atoms with Crippen LogP contribution in [0.5, 0.6) is 0 Å². The number of rotatable bonds is 5. The number of tetrazole rings is 1. The molecule has 1 aromatic rings. The van der Waals surface area contributed by atoms with Gasteiger partial charge in [0, 0.05) is 0 Å². The second-order valence-corrected chi connectivity index (χ2v) is 5.73. The SMILES string of the molecule is O=C(NCC(F)(F)F)[C@@H]1CCCN1Cc1nnnn1C1CC1. The second-order valence-electron chi connectivity index (χ2n) is 5.73. The van der Waals surface area contributed by atoms with Crippen LogP contribution >= 0.6 is 0 Å². The average Bonchev–Trinajstić information content (AvgIpc) is 3.01. The summed E-state index contributed by atoms with van der Waals surface area (Å²) < 4.78 is 38.3. The first-order chi connectivity index (χ1) is 10.4. The van der Waals surface area contributed by atoms with E-state index in [-0.39, 0.29) is 0 Å². The molecule has 1 aliphatic carbocycles. The van der Waals surface area contributed by atoms with Crippen LogP contribution in [0.4, 0.5) is 13.2 Å². The maximum Gasteiger partial charge on any atom is 0.405 e. The maximum atomic E-state index is 12.2. The highest BCUT2D eigenvalue weighted by atomic mass is 19.4. The first-order valence-electron chi connectivity index (χ1n) is 7.29. The van der Waals surface area contributed by atoms with E-state index in [0.29, 0.717) is 31.4 Å². The van der Waals surface area contributed by atoms with Crippen molar-refractivity contribution in [2.75, 3.05) is 13.1 Å². The highest BCUT2D eigenvalue weighted by Gasteiger charge is 2.35. The highest BCUT2D eigenvalue weighted by Crippen LogP contribution is 2.34. The van der Waals surface area contributed by atoms with Crippen molar-refractivity contribution >= 4 is 5.91 Å². The summed E-state index contributed by atoms with van der Waals surface area (Å²) in [5, 5.41) is 13.5. The molecule has 0 spiro atoms. The minimum absolute atomic E-state index is 0.324. The molecule has 2 heterocycles. The second kappa shape index (κ2) is 5.82. The first kappa shape index (κ1) is 15.2. The number of amides is 1. The summed E-state index contributed by atoms with van der Waals surface area (Å²) in [6, 6.07) is -0.225. The van der Waals surface area contributed by atoms with Crippen molar-refractivity contribution in [1.29, 1.82) is 0 Å². The van der Waals surface area contributed by atoms with Gasteiger partial charge in [0.1, 0.15) is 6.54 Å². The summed E-state index contributed by atoms with van der Waals surface area (Å²) in [7, 11) is 0. The molecule has 0 aromatic carbocycles. The van der Waals surface area contributed by atoms with E-state index in [1.54, 1.807) is 4.68 Å². The number of nitrogens with zero attached hydrogens (tertiary/aromatic N) is 5. The highest BCUT2D eigenvalue weighted by molar-refractivity contribution is 5.82. The van der Waals surface area contributed by atoms with E-state index in [9.17, 15) is 18.0 Å². The fourth-order valence-corrected chi connectivity index (χ4v) is 2.72. The molecule has 0 unspecified atom stereocenters. The van der Waals surface area contributed by atoms with Crippen LogP contribution in [0.2, 0.25) is 0 Å². The van der Waals surface area contributed by atoms with Crippen molar-refractivity contribution in [3.8, 4) is 0 Å². The molecule has 0 radical (unpaired) electrons. The summed E-state index contributed by atoms with van der Waals surface area (Å²) in [6.07, 6.45) is -1.000. The third-order valence-electron chi connectivity index (χ3n) is 3.93. The van der Waals surface area contributed by atoms with Crippen LogP contribution in [0.15, 0.2) is 0 Å². The lowest BCUT2D eigenvalue weighted by molar-refractivity contribution is -0.141. The predicted octanol–water partition coefficient (Wildman–Crippen LogP) is 0.651. The molecule has 1 atom stereocenters. The minimum atomic E-state index is -4.39. The molecule has 22 heavy (non-hydrogen) atoms. The Morgan fingerprint density at radius 3 is 2.77 bits per heavy atom. The Kier molecular flexibility index (Phi) is 4.02. The fourth-order valence-electron chi connectivity index (χ4n) is 2.72. The molecule has 2 aliphatic rings. The molecule has 7 nitrogen and oxygen atoms in total. The Balaban J connectivity index is 1.60. The smallest absolute Gasteiger partial charge is 0.346 e. The van der Waals surface area contributed by atoms with Crippen LogP contribution in [-0.4, -0.2) is 56.3 Å². The molecule has 10 heteroatoms. The Hall–Kier alpha value is -1.71. The van der Waals surface area contributed by atoms with E-state index >= 15 is 0 Å². The van der Waals surface area contributed by atoms with Crippen LogP contribution in [0, 0.1) is 0 Å². The number of nitrogens with one attached hydrogen (secondary N) is 1. The van der Waals surface area contributed by atoms with Crippen molar-refractivity contribution < 1.29 is 18.0 Å². The number of halogens is 3. The monoisotopic (exact) mass is 318 g/mol. The lowest BCUT2D eigenvalue weighted by Gasteiger charge is -2.23. The van der Waals surface area contributed by atoms with E-state index in [1.807, 2.05) is 10.2 Å². The quantitative estimate of drug-likeness (QED) is 0.863. The molecular formula is C12H17F3N6O. The van der Waals surface area contributed by atoms with Gasteiger partial charge in [0.05, 0.1) is 18.6 Å². The van der Waals surface area contributed by atoms with Crippen molar-refractivity contribution in [2.45, 2.75) is 50.5 Å². The zero-order valence-corrected chi connectivity index (χ0v) is 11.9. The van der Waals surface area contributed by atoms with E-state index in [2.05, 4.69) is 15.5 Å². The van der Waals surface area contributed by atoms with E-state index in [0.717, 1.165) is 19.3 Å². The van der Waals surface area contributed by atoms with Gasteiger partial charge in [0.25, 0.3) is 0 Å². The molecule has 122 valence electrons. The molecule has 1 saturated carbocycles. The maximum absolute atomic E-state index is 12.2. The molecule has 1 aliphatic heterocycles. The number of hydrogen-bond donors (Lipinski definition) is 1. The summed E-state index contributed by atoms with van der Waals surface area (Å²) >= 11 is 0. The molecule has 1 aromatic heterocycles. The van der Waals surface area contributed by atoms with Crippen LogP contribution in [-0.2, 0) is 11.3 Å². The van der Waals surface area contributed by atoms with Gasteiger partial charge in [0.2, 0.25) is 5.91 Å². The van der Waals surface area contributed by atoms with Crippen molar-refractivity contribution in [2.24, 2.45) is 0 Å². The van der Waals surface area contributed by atoms with Gasteiger partial charge in [-0.3, -0.25) is 9.69 Å². The summed E-state index contributed by atoms with van der Waals surface area (Å²) in [6.45, 7) is -0.259. The van der Waals surface area contributed by atoms with Crippen LogP contribution in [0.25, 0.3) is 0 Å². The van der Waals surface area contributed by atoms with Gasteiger partial charge in [0.15, 0.2) is 5.82 Å². The number of alkyl halides is 3. The lowest BCUT2D eigenvalue weighted by Crippen LogP contribution is -2.45. The van der Waals surface area contributed by atoms with E-state index in [1.165, 1.54) is 0 Å². The number of carbonyl (C=O) groups is 1. The number of aromatic nitrogens is 4. The molecule has 3 rings (SSSR count). The molecular weight excluding hydrogens is 301 g/mol. The Morgan fingerprint density at radius 1 is 1.32 bits per heavy atom. The van der Waals surface area contributed by atoms with Gasteiger partial charge in [-0.05, 0) is 42.7 Å². The van der Waals surface area contributed by atoms with Crippen molar-refractivity contribution in [3.05, 3.63) is 5.82 Å². The van der Waals surface area contributed by atoms with Gasteiger partial charge >= 0.3 is 6.18 Å². The van der Waals surface area contributed by atoms with Gasteiger partial charge in [-0.2, -0.15) is 13.2 Å². The summed E-state index contributed by atoms with van der Waals surface area (Å²) in [5.74, 6) is 0.0818. The van der Waals surface area contributed by atoms with Crippen LogP contribution in [0.1, 0.15) is 37.5 Å². The van der Waals surface area contributed by atoms with Crippen molar-refractivity contribution in [3.63, 3.8) is 0 Å². The minimum Gasteiger partial charge on any atom is -0.346 e. The van der Waals surface area contributed by atoms with Gasteiger partial charge in [-0.25, -0.2) is 4.68 Å². The van der Waals surface area contributed by atoms with Crippen LogP contribution < -0.4 is 5.32 Å². The number of hydrogen-bond acceptors (Lipinski definition) is 5. The zero-order valence-electron chi connectivity index (χ0n) is 11.9. The zero-order chi connectivity index (χ0) is 15.7. The van der Waals surface area contributed by atoms with Crippen LogP contribution in [0.3, 0.4) is 0 Å². The predicted molar refractivity (Wildman–Crippen MR) is 68.6 cm³/mol. The van der Waals surface area contributed by atoms with Gasteiger partial charge < -0.3 is 5.32 Å². The average molecular weight is 318 g/mol. The third-order valence-corrected chi connectivity index (χ3v) is 3.93. The van der Waals surface area contributed by atoms with Gasteiger partial charge in [-0.15, -0.1) is 5.10 Å². The normalized spacial score (nSPS) is 23.0. The third kappa shape index (κ3) is 3.54. The molecule has 0 bridgehead atoms. The molecule has 1 amide bonds. The Bertz CT molecular complexity index is 541. The summed E-state index contributed by atoms with van der Waals surface area (Å²) in [4.78, 5) is 13.8. The largest absolute Gasteiger partial charge is 0.405 e.